The van der Waals surface area contributed by atoms with Gasteiger partial charge in [0.15, 0.2) is 0 Å². The van der Waals surface area contributed by atoms with E-state index in [1.54, 1.807) is 12.1 Å². The monoisotopic (exact) mass is 367 g/mol. The highest BCUT2D eigenvalue weighted by Gasteiger charge is 2.49. The molecular formula is C20H21N3O4. The van der Waals surface area contributed by atoms with Gasteiger partial charge in [-0.1, -0.05) is 0 Å². The first-order valence-electron chi connectivity index (χ1n) is 9.06. The van der Waals surface area contributed by atoms with Crippen molar-refractivity contribution in [2.24, 2.45) is 0 Å². The molecule has 0 bridgehead atoms. The summed E-state index contributed by atoms with van der Waals surface area (Å²) in [5.41, 5.74) is 1.90. The summed E-state index contributed by atoms with van der Waals surface area (Å²) in [5.74, 6) is 0.194. The van der Waals surface area contributed by atoms with Crippen molar-refractivity contribution in [2.75, 3.05) is 5.32 Å². The molecule has 2 heterocycles. The Kier molecular flexibility index (Phi) is 4.09. The molecule has 0 atom stereocenters. The molecule has 1 amide bonds. The highest BCUT2D eigenvalue weighted by Crippen LogP contribution is 2.48. The Bertz CT molecular complexity index is 913. The van der Waals surface area contributed by atoms with Gasteiger partial charge in [-0.05, 0) is 63.3 Å². The maximum Gasteiger partial charge on any atom is 0.335 e. The molecule has 0 saturated heterocycles. The maximum atomic E-state index is 12.7. The van der Waals surface area contributed by atoms with Gasteiger partial charge in [0.05, 0.1) is 11.0 Å². The number of fused-ring (bicyclic) bond motifs is 2. The fourth-order valence-corrected chi connectivity index (χ4v) is 4.16. The van der Waals surface area contributed by atoms with Crippen LogP contribution in [0.4, 0.5) is 5.69 Å². The number of rotatable bonds is 3. The molecule has 140 valence electrons. The number of nitrogens with one attached hydrogen (secondary N) is 1. The van der Waals surface area contributed by atoms with Gasteiger partial charge in [0, 0.05) is 17.4 Å². The Balaban J connectivity index is 1.54. The van der Waals surface area contributed by atoms with E-state index in [4.69, 9.17) is 4.74 Å². The van der Waals surface area contributed by atoms with Crippen molar-refractivity contribution >= 4 is 17.6 Å². The maximum absolute atomic E-state index is 12.7. The molecule has 2 aliphatic rings. The van der Waals surface area contributed by atoms with E-state index in [-0.39, 0.29) is 17.6 Å². The number of benzene rings is 1. The lowest BCUT2D eigenvalue weighted by molar-refractivity contribution is -0.122. The van der Waals surface area contributed by atoms with Crippen LogP contribution >= 0.6 is 0 Å². The van der Waals surface area contributed by atoms with Crippen molar-refractivity contribution < 1.29 is 19.4 Å². The predicted molar refractivity (Wildman–Crippen MR) is 98.1 cm³/mol. The van der Waals surface area contributed by atoms with Gasteiger partial charge in [-0.2, -0.15) is 4.98 Å². The number of carboxylic acid groups (broad SMARTS) is 1. The summed E-state index contributed by atoms with van der Waals surface area (Å²) in [6.45, 7) is 3.73. The summed E-state index contributed by atoms with van der Waals surface area (Å²) < 4.78 is 6.03. The Morgan fingerprint density at radius 3 is 2.63 bits per heavy atom. The number of nitrogens with zero attached hydrogens (tertiary/aromatic N) is 2. The number of ether oxygens (including phenoxy) is 1. The van der Waals surface area contributed by atoms with Gasteiger partial charge < -0.3 is 15.2 Å². The third-order valence-electron chi connectivity index (χ3n) is 5.48. The third kappa shape index (κ3) is 3.03. The van der Waals surface area contributed by atoms with Gasteiger partial charge in [-0.25, -0.2) is 9.78 Å². The van der Waals surface area contributed by atoms with Crippen LogP contribution in [0.3, 0.4) is 0 Å². The predicted octanol–water partition coefficient (Wildman–Crippen LogP) is 3.00. The van der Waals surface area contributed by atoms with Gasteiger partial charge in [-0.15, -0.1) is 0 Å². The Hall–Kier alpha value is -2.96. The molecule has 1 spiro atoms. The summed E-state index contributed by atoms with van der Waals surface area (Å²) >= 11 is 0. The van der Waals surface area contributed by atoms with Crippen LogP contribution in [-0.4, -0.2) is 33.1 Å². The molecule has 7 heteroatoms. The molecule has 2 N–H and O–H groups in total. The number of hydrogen-bond acceptors (Lipinski definition) is 5. The van der Waals surface area contributed by atoms with Crippen LogP contribution in [-0.2, 0) is 10.2 Å². The van der Waals surface area contributed by atoms with Crippen LogP contribution < -0.4 is 10.1 Å². The Morgan fingerprint density at radius 2 is 1.96 bits per heavy atom. The molecule has 1 fully saturated rings. The van der Waals surface area contributed by atoms with Crippen LogP contribution in [0.1, 0.15) is 53.1 Å². The Labute approximate surface area is 156 Å². The first-order chi connectivity index (χ1) is 12.9. The second kappa shape index (κ2) is 6.33. The summed E-state index contributed by atoms with van der Waals surface area (Å²) in [6.07, 6.45) is 2.60. The standard InChI is InChI=1S/C20H21N3O4/c1-11-9-17(22-12(2)21-11)27-14-5-7-20(8-6-14)15-10-13(18(24)25)3-4-16(15)23-19(20)26/h3-4,9-10,14H,5-8H2,1-2H3,(H,23,26)(H,24,25). The third-order valence-corrected chi connectivity index (χ3v) is 5.48. The van der Waals surface area contributed by atoms with Gasteiger partial charge in [-0.3, -0.25) is 4.79 Å². The lowest BCUT2D eigenvalue weighted by Gasteiger charge is -2.35. The minimum absolute atomic E-state index is 0.0242. The van der Waals surface area contributed by atoms with E-state index in [0.717, 1.165) is 11.3 Å². The molecule has 1 aromatic heterocycles. The summed E-state index contributed by atoms with van der Waals surface area (Å²) in [5, 5.41) is 12.2. The molecular weight excluding hydrogens is 346 g/mol. The second-order valence-corrected chi connectivity index (χ2v) is 7.31. The smallest absolute Gasteiger partial charge is 0.335 e. The van der Waals surface area contributed by atoms with Crippen molar-refractivity contribution in [1.29, 1.82) is 0 Å². The first kappa shape index (κ1) is 17.5. The Morgan fingerprint density at radius 1 is 1.22 bits per heavy atom. The number of carbonyl (C=O) groups is 2. The highest BCUT2D eigenvalue weighted by molar-refractivity contribution is 6.07. The SMILES string of the molecule is Cc1cc(OC2CCC3(CC2)C(=O)Nc2ccc(C(=O)O)cc23)nc(C)n1. The zero-order chi connectivity index (χ0) is 19.2. The van der Waals surface area contributed by atoms with Crippen LogP contribution in [0, 0.1) is 13.8 Å². The highest BCUT2D eigenvalue weighted by atomic mass is 16.5. The van der Waals surface area contributed by atoms with Crippen LogP contribution in [0.15, 0.2) is 24.3 Å². The molecule has 4 rings (SSSR count). The van der Waals surface area contributed by atoms with E-state index in [1.165, 1.54) is 6.07 Å². The molecule has 0 unspecified atom stereocenters. The number of carbonyl (C=O) groups excluding carboxylic acids is 1. The lowest BCUT2D eigenvalue weighted by atomic mass is 9.69. The number of carboxylic acids is 1. The van der Waals surface area contributed by atoms with Crippen LogP contribution in [0.5, 0.6) is 5.88 Å². The van der Waals surface area contributed by atoms with E-state index in [0.29, 0.717) is 43.1 Å². The van der Waals surface area contributed by atoms with Crippen LogP contribution in [0.25, 0.3) is 0 Å². The largest absolute Gasteiger partial charge is 0.478 e. The fraction of sp³-hybridized carbons (Fsp3) is 0.400. The lowest BCUT2D eigenvalue weighted by Crippen LogP contribution is -2.41. The molecule has 1 aromatic carbocycles. The summed E-state index contributed by atoms with van der Waals surface area (Å²) in [7, 11) is 0. The zero-order valence-electron chi connectivity index (χ0n) is 15.3. The van der Waals surface area contributed by atoms with E-state index < -0.39 is 11.4 Å². The van der Waals surface area contributed by atoms with E-state index in [1.807, 2.05) is 19.9 Å². The summed E-state index contributed by atoms with van der Waals surface area (Å²) in [6, 6.07) is 6.65. The van der Waals surface area contributed by atoms with Gasteiger partial charge in [0.2, 0.25) is 11.8 Å². The normalized spacial score (nSPS) is 23.8. The molecule has 0 radical (unpaired) electrons. The molecule has 27 heavy (non-hydrogen) atoms. The van der Waals surface area contributed by atoms with Gasteiger partial charge >= 0.3 is 5.97 Å². The average molecular weight is 367 g/mol. The van der Waals surface area contributed by atoms with E-state index in [9.17, 15) is 14.7 Å². The van der Waals surface area contributed by atoms with Gasteiger partial charge in [0.1, 0.15) is 11.9 Å². The molecule has 7 nitrogen and oxygen atoms in total. The molecule has 2 aromatic rings. The minimum Gasteiger partial charge on any atom is -0.478 e. The quantitative estimate of drug-likeness (QED) is 0.865. The first-order valence-corrected chi connectivity index (χ1v) is 9.06. The zero-order valence-corrected chi connectivity index (χ0v) is 15.3. The van der Waals surface area contributed by atoms with Crippen molar-refractivity contribution in [2.45, 2.75) is 51.0 Å². The van der Waals surface area contributed by atoms with E-state index >= 15 is 0 Å². The van der Waals surface area contributed by atoms with Crippen molar-refractivity contribution in [3.8, 4) is 5.88 Å². The number of aromatic nitrogens is 2. The summed E-state index contributed by atoms with van der Waals surface area (Å²) in [4.78, 5) is 32.6. The van der Waals surface area contributed by atoms with Crippen molar-refractivity contribution in [3.63, 3.8) is 0 Å². The fourth-order valence-electron chi connectivity index (χ4n) is 4.16. The average Bonchev–Trinajstić information content (AvgIpc) is 2.87. The van der Waals surface area contributed by atoms with Crippen molar-refractivity contribution in [3.05, 3.63) is 46.9 Å². The van der Waals surface area contributed by atoms with Crippen LogP contribution in [0.2, 0.25) is 0 Å². The number of aromatic carboxylic acids is 1. The number of aryl methyl sites for hydroxylation is 2. The van der Waals surface area contributed by atoms with E-state index in [2.05, 4.69) is 15.3 Å². The molecule has 1 aliphatic carbocycles. The number of amides is 1. The number of anilines is 1. The molecule has 1 aliphatic heterocycles. The molecule has 1 saturated carbocycles. The second-order valence-electron chi connectivity index (χ2n) is 7.31. The van der Waals surface area contributed by atoms with Gasteiger partial charge in [0.25, 0.3) is 0 Å². The minimum atomic E-state index is -0.987. The number of hydrogen-bond donors (Lipinski definition) is 2. The topological polar surface area (TPSA) is 101 Å². The van der Waals surface area contributed by atoms with Crippen molar-refractivity contribution in [1.82, 2.24) is 9.97 Å².